The van der Waals surface area contributed by atoms with Crippen molar-refractivity contribution in [2.24, 2.45) is 5.73 Å². The lowest BCUT2D eigenvalue weighted by Crippen LogP contribution is -2.14. The number of carbonyl (C=O) groups excluding carboxylic acids is 1. The van der Waals surface area contributed by atoms with E-state index in [1.165, 1.54) is 25.6 Å². The number of ether oxygens (including phenoxy) is 1. The molecule has 0 rings (SSSR count). The molecule has 0 saturated heterocycles. The molecular formula is C6H14NO4PS3. The molecule has 9 heteroatoms. The molecule has 0 saturated carbocycles. The van der Waals surface area contributed by atoms with E-state index in [4.69, 9.17) is 26.6 Å². The number of primary amides is 1. The number of carbonyl (C=O) groups is 1. The molecule has 15 heavy (non-hydrogen) atoms. The van der Waals surface area contributed by atoms with Crippen LogP contribution in [-0.4, -0.2) is 37.8 Å². The Morgan fingerprint density at radius 1 is 1.47 bits per heavy atom. The van der Waals surface area contributed by atoms with Crippen molar-refractivity contribution in [1.29, 1.82) is 0 Å². The van der Waals surface area contributed by atoms with Crippen molar-refractivity contribution in [3.05, 3.63) is 0 Å². The van der Waals surface area contributed by atoms with Crippen LogP contribution >= 0.6 is 28.8 Å². The average molecular weight is 291 g/mol. The Kier molecular flexibility index (Phi) is 8.98. The van der Waals surface area contributed by atoms with Gasteiger partial charge in [0.2, 0.25) is 5.69 Å². The van der Waals surface area contributed by atoms with Crippen LogP contribution in [-0.2, 0) is 25.6 Å². The van der Waals surface area contributed by atoms with Gasteiger partial charge in [-0.25, -0.2) is 4.79 Å². The number of thioether (sulfide) groups is 1. The molecule has 0 aromatic heterocycles. The number of rotatable bonds is 8. The van der Waals surface area contributed by atoms with E-state index in [9.17, 15) is 4.79 Å². The fraction of sp³-hybridized carbons (Fsp3) is 0.833. The van der Waals surface area contributed by atoms with Crippen molar-refractivity contribution >= 4 is 46.7 Å². The van der Waals surface area contributed by atoms with E-state index < -0.39 is 11.8 Å². The van der Waals surface area contributed by atoms with Crippen molar-refractivity contribution in [1.82, 2.24) is 0 Å². The summed E-state index contributed by atoms with van der Waals surface area (Å²) < 4.78 is 14.7. The fourth-order valence-corrected chi connectivity index (χ4v) is 6.02. The second kappa shape index (κ2) is 8.66. The normalized spacial score (nSPS) is 11.3. The van der Waals surface area contributed by atoms with Crippen molar-refractivity contribution in [2.75, 3.05) is 31.7 Å². The molecule has 0 aliphatic heterocycles. The summed E-state index contributed by atoms with van der Waals surface area (Å²) in [6.45, 7) is 0.309. The summed E-state index contributed by atoms with van der Waals surface area (Å²) in [7, 11) is 3.08. The van der Waals surface area contributed by atoms with Crippen molar-refractivity contribution in [3.8, 4) is 0 Å². The summed E-state index contributed by atoms with van der Waals surface area (Å²) in [5, 5.41) is 0.737. The molecule has 0 unspecified atom stereocenters. The summed E-state index contributed by atoms with van der Waals surface area (Å²) in [6, 6.07) is 0. The molecule has 90 valence electrons. The predicted molar refractivity (Wildman–Crippen MR) is 68.8 cm³/mol. The van der Waals surface area contributed by atoms with E-state index in [0.717, 1.165) is 5.08 Å². The molecule has 0 fully saturated rings. The highest BCUT2D eigenvalue weighted by atomic mass is 32.9. The first-order valence-electron chi connectivity index (χ1n) is 3.90. The van der Waals surface area contributed by atoms with Crippen molar-refractivity contribution in [2.45, 2.75) is 0 Å². The summed E-state index contributed by atoms with van der Waals surface area (Å²) in [6.07, 6.45) is -0.748. The van der Waals surface area contributed by atoms with Gasteiger partial charge < -0.3 is 19.5 Å². The standard InChI is InChI=1S/C6H14NO4PS3/c1-9-12(13,10-2)15-5-14-4-3-11-6(7)8/h3-5H2,1-2H3,(H2,7,8). The minimum Gasteiger partial charge on any atom is -0.449 e. The van der Waals surface area contributed by atoms with Gasteiger partial charge in [0.15, 0.2) is 0 Å². The lowest BCUT2D eigenvalue weighted by molar-refractivity contribution is 0.164. The molecule has 0 aromatic rings. The minimum atomic E-state index is -2.15. The van der Waals surface area contributed by atoms with Gasteiger partial charge in [0.25, 0.3) is 0 Å². The van der Waals surface area contributed by atoms with Gasteiger partial charge in [-0.15, -0.1) is 11.8 Å². The zero-order valence-corrected chi connectivity index (χ0v) is 11.8. The zero-order valence-electron chi connectivity index (χ0n) is 8.50. The van der Waals surface area contributed by atoms with Gasteiger partial charge in [-0.2, -0.15) is 0 Å². The maximum atomic E-state index is 10.2. The van der Waals surface area contributed by atoms with E-state index in [-0.39, 0.29) is 0 Å². The largest absolute Gasteiger partial charge is 0.449 e. The summed E-state index contributed by atoms with van der Waals surface area (Å²) in [5.74, 6) is 0.679. The maximum Gasteiger partial charge on any atom is 0.404 e. The molecule has 0 spiro atoms. The van der Waals surface area contributed by atoms with E-state index >= 15 is 0 Å². The van der Waals surface area contributed by atoms with Crippen LogP contribution in [0, 0.1) is 0 Å². The SMILES string of the molecule is COP(=S)(OC)SCSCCOC(N)=O. The van der Waals surface area contributed by atoms with Crippen molar-refractivity contribution in [3.63, 3.8) is 0 Å². The highest BCUT2D eigenvalue weighted by Gasteiger charge is 2.15. The quantitative estimate of drug-likeness (QED) is 0.417. The molecule has 0 aliphatic rings. The molecule has 0 aliphatic carbocycles. The molecule has 0 atom stereocenters. The van der Waals surface area contributed by atoms with Crippen LogP contribution in [0.1, 0.15) is 0 Å². The van der Waals surface area contributed by atoms with Crippen LogP contribution in [0.15, 0.2) is 0 Å². The van der Waals surface area contributed by atoms with Gasteiger partial charge >= 0.3 is 6.09 Å². The van der Waals surface area contributed by atoms with E-state index in [0.29, 0.717) is 12.4 Å². The molecule has 2 N–H and O–H groups in total. The van der Waals surface area contributed by atoms with Gasteiger partial charge in [0.05, 0.1) is 0 Å². The minimum absolute atomic E-state index is 0.309. The molecule has 0 aromatic carbocycles. The molecule has 0 radical (unpaired) electrons. The first-order valence-corrected chi connectivity index (χ1v) is 9.28. The highest BCUT2D eigenvalue weighted by Crippen LogP contribution is 2.60. The van der Waals surface area contributed by atoms with Gasteiger partial charge in [0, 0.05) is 25.1 Å². The third kappa shape index (κ3) is 8.36. The van der Waals surface area contributed by atoms with Gasteiger partial charge in [-0.3, -0.25) is 0 Å². The topological polar surface area (TPSA) is 70.8 Å². The number of hydrogen-bond donors (Lipinski definition) is 1. The van der Waals surface area contributed by atoms with Gasteiger partial charge in [0.1, 0.15) is 6.61 Å². The van der Waals surface area contributed by atoms with Crippen LogP contribution in [0.2, 0.25) is 0 Å². The Balaban J connectivity index is 3.45. The summed E-state index contributed by atoms with van der Waals surface area (Å²) >= 11 is 8.17. The van der Waals surface area contributed by atoms with Gasteiger partial charge in [-0.1, -0.05) is 11.4 Å². The van der Waals surface area contributed by atoms with E-state index in [2.05, 4.69) is 4.74 Å². The third-order valence-corrected chi connectivity index (χ3v) is 8.60. The smallest absolute Gasteiger partial charge is 0.404 e. The zero-order chi connectivity index (χ0) is 11.7. The lowest BCUT2D eigenvalue weighted by Gasteiger charge is -2.15. The Morgan fingerprint density at radius 3 is 2.53 bits per heavy atom. The molecule has 0 heterocycles. The van der Waals surface area contributed by atoms with Crippen molar-refractivity contribution < 1.29 is 18.6 Å². The predicted octanol–water partition coefficient (Wildman–Crippen LogP) is 2.02. The average Bonchev–Trinajstić information content (AvgIpc) is 2.22. The van der Waals surface area contributed by atoms with E-state index in [1.807, 2.05) is 0 Å². The van der Waals surface area contributed by atoms with Crippen LogP contribution < -0.4 is 5.73 Å². The Hall–Kier alpha value is 0.540. The Morgan fingerprint density at radius 2 is 2.07 bits per heavy atom. The highest BCUT2D eigenvalue weighted by molar-refractivity contribution is 8.69. The molecule has 5 nitrogen and oxygen atoms in total. The Labute approximate surface area is 103 Å². The maximum absolute atomic E-state index is 10.2. The Bertz CT molecular complexity index is 232. The van der Waals surface area contributed by atoms with Crippen LogP contribution in [0.3, 0.4) is 0 Å². The molecule has 0 bridgehead atoms. The summed E-state index contributed by atoms with van der Waals surface area (Å²) in [4.78, 5) is 10.2. The summed E-state index contributed by atoms with van der Waals surface area (Å²) in [5.41, 5.74) is 2.64. The first-order chi connectivity index (χ1) is 7.04. The fourth-order valence-electron chi connectivity index (χ4n) is 0.542. The first kappa shape index (κ1) is 15.5. The second-order valence-electron chi connectivity index (χ2n) is 2.14. The van der Waals surface area contributed by atoms with Crippen LogP contribution in [0.4, 0.5) is 4.79 Å². The lowest BCUT2D eigenvalue weighted by atomic mass is 10.8. The number of nitrogens with two attached hydrogens (primary N) is 1. The van der Waals surface area contributed by atoms with Crippen LogP contribution in [0.5, 0.6) is 0 Å². The number of amides is 1. The van der Waals surface area contributed by atoms with Gasteiger partial charge in [-0.05, 0) is 11.8 Å². The molecule has 1 amide bonds. The number of hydrogen-bond acceptors (Lipinski definition) is 7. The third-order valence-electron chi connectivity index (χ3n) is 1.21. The monoisotopic (exact) mass is 291 g/mol. The van der Waals surface area contributed by atoms with Crippen LogP contribution in [0.25, 0.3) is 0 Å². The second-order valence-corrected chi connectivity index (χ2v) is 10.1. The molecular weight excluding hydrogens is 277 g/mol. The van der Waals surface area contributed by atoms with E-state index in [1.54, 1.807) is 11.8 Å².